The molecule has 0 saturated heterocycles. The largest absolute Gasteiger partial charge is 0.452 e. The van der Waals surface area contributed by atoms with Crippen LogP contribution in [0.25, 0.3) is 0 Å². The molecule has 0 aromatic heterocycles. The summed E-state index contributed by atoms with van der Waals surface area (Å²) in [6.07, 6.45) is 1.91. The minimum Gasteiger partial charge on any atom is -0.452 e. The molecule has 1 aliphatic carbocycles. The molecule has 1 aromatic rings. The monoisotopic (exact) mass is 354 g/mol. The number of amides is 1. The van der Waals surface area contributed by atoms with Crippen molar-refractivity contribution in [2.24, 2.45) is 0 Å². The Hall–Kier alpha value is -1.93. The van der Waals surface area contributed by atoms with Crippen LogP contribution in [0.15, 0.2) is 29.2 Å². The summed E-state index contributed by atoms with van der Waals surface area (Å²) in [5.41, 5.74) is -0.422. The number of carbonyl (C=O) groups excluding carboxylic acids is 2. The van der Waals surface area contributed by atoms with Crippen LogP contribution < -0.4 is 10.0 Å². The number of benzene rings is 1. The van der Waals surface area contributed by atoms with Crippen molar-refractivity contribution >= 4 is 21.9 Å². The van der Waals surface area contributed by atoms with Gasteiger partial charge in [0, 0.05) is 11.6 Å². The van der Waals surface area contributed by atoms with Crippen LogP contribution in [-0.2, 0) is 19.6 Å². The van der Waals surface area contributed by atoms with Gasteiger partial charge in [-0.25, -0.2) is 17.9 Å². The van der Waals surface area contributed by atoms with Gasteiger partial charge in [-0.1, -0.05) is 0 Å². The fraction of sp³-hybridized carbons (Fsp3) is 0.500. The average molecular weight is 354 g/mol. The van der Waals surface area contributed by atoms with E-state index in [9.17, 15) is 18.0 Å². The molecule has 0 heterocycles. The molecular weight excluding hydrogens is 332 g/mol. The fourth-order valence-corrected chi connectivity index (χ4v) is 3.36. The van der Waals surface area contributed by atoms with Crippen molar-refractivity contribution in [3.05, 3.63) is 29.8 Å². The fourth-order valence-electron chi connectivity index (χ4n) is 1.94. The molecular formula is C16H22N2O5S. The van der Waals surface area contributed by atoms with Gasteiger partial charge in [0.1, 0.15) is 0 Å². The van der Waals surface area contributed by atoms with Crippen LogP contribution in [0.2, 0.25) is 0 Å². The molecule has 1 saturated carbocycles. The van der Waals surface area contributed by atoms with Gasteiger partial charge in [0.05, 0.1) is 10.5 Å². The number of ether oxygens (including phenoxy) is 1. The minimum absolute atomic E-state index is 0.0560. The van der Waals surface area contributed by atoms with Crippen molar-refractivity contribution in [2.45, 2.75) is 50.1 Å². The highest BCUT2D eigenvalue weighted by Crippen LogP contribution is 2.18. The lowest BCUT2D eigenvalue weighted by Gasteiger charge is -2.20. The summed E-state index contributed by atoms with van der Waals surface area (Å²) in [6.45, 7) is 4.87. The number of carbonyl (C=O) groups is 2. The SMILES string of the molecule is CC(C)(C)NS(=O)(=O)c1ccc(C(=O)OCC(=O)NC2CC2)cc1. The maximum atomic E-state index is 12.2. The Kier molecular flexibility index (Phi) is 5.29. The summed E-state index contributed by atoms with van der Waals surface area (Å²) in [5.74, 6) is -1.01. The molecule has 132 valence electrons. The molecule has 2 N–H and O–H groups in total. The predicted octanol–water partition coefficient (Wildman–Crippen LogP) is 1.20. The molecule has 7 nitrogen and oxygen atoms in total. The third-order valence-corrected chi connectivity index (χ3v) is 4.89. The van der Waals surface area contributed by atoms with Gasteiger partial charge in [0.25, 0.3) is 5.91 Å². The standard InChI is InChI=1S/C16H22N2O5S/c1-16(2,3)18-24(21,22)13-8-4-11(5-9-13)15(20)23-10-14(19)17-12-6-7-12/h4-5,8-9,12,18H,6-7,10H2,1-3H3,(H,17,19). The Labute approximate surface area is 141 Å². The van der Waals surface area contributed by atoms with E-state index in [1.165, 1.54) is 24.3 Å². The first kappa shape index (κ1) is 18.4. The van der Waals surface area contributed by atoms with E-state index in [2.05, 4.69) is 10.0 Å². The zero-order chi connectivity index (χ0) is 18.0. The zero-order valence-corrected chi connectivity index (χ0v) is 14.8. The number of sulfonamides is 1. The summed E-state index contributed by atoms with van der Waals surface area (Å²) in [4.78, 5) is 23.4. The van der Waals surface area contributed by atoms with E-state index in [0.29, 0.717) is 0 Å². The number of nitrogens with one attached hydrogen (secondary N) is 2. The molecule has 8 heteroatoms. The Bertz CT molecular complexity index is 716. The van der Waals surface area contributed by atoms with Gasteiger partial charge in [-0.15, -0.1) is 0 Å². The smallest absolute Gasteiger partial charge is 0.338 e. The summed E-state index contributed by atoms with van der Waals surface area (Å²) >= 11 is 0. The maximum absolute atomic E-state index is 12.2. The van der Waals surface area contributed by atoms with Gasteiger partial charge in [-0.05, 0) is 57.9 Å². The van der Waals surface area contributed by atoms with Crippen molar-refractivity contribution in [2.75, 3.05) is 6.61 Å². The number of esters is 1. The Balaban J connectivity index is 1.95. The second-order valence-corrected chi connectivity index (χ2v) is 8.48. The molecule has 0 bridgehead atoms. The van der Waals surface area contributed by atoms with E-state index < -0.39 is 21.5 Å². The third-order valence-electron chi connectivity index (χ3n) is 3.12. The van der Waals surface area contributed by atoms with Crippen LogP contribution in [0.1, 0.15) is 44.0 Å². The van der Waals surface area contributed by atoms with Gasteiger partial charge < -0.3 is 10.1 Å². The summed E-state index contributed by atoms with van der Waals surface area (Å²) in [5, 5.41) is 2.71. The Morgan fingerprint density at radius 1 is 1.17 bits per heavy atom. The topological polar surface area (TPSA) is 102 Å². The molecule has 0 spiro atoms. The minimum atomic E-state index is -3.66. The summed E-state index contributed by atoms with van der Waals surface area (Å²) in [7, 11) is -3.66. The van der Waals surface area contributed by atoms with Crippen molar-refractivity contribution in [1.82, 2.24) is 10.0 Å². The highest BCUT2D eigenvalue weighted by atomic mass is 32.2. The average Bonchev–Trinajstić information content (AvgIpc) is 3.26. The molecule has 0 radical (unpaired) electrons. The maximum Gasteiger partial charge on any atom is 0.338 e. The summed E-state index contributed by atoms with van der Waals surface area (Å²) < 4.78 is 31.8. The van der Waals surface area contributed by atoms with Crippen LogP contribution in [0.3, 0.4) is 0 Å². The lowest BCUT2D eigenvalue weighted by atomic mass is 10.1. The van der Waals surface area contributed by atoms with Gasteiger partial charge >= 0.3 is 5.97 Å². The number of hydrogen-bond acceptors (Lipinski definition) is 5. The highest BCUT2D eigenvalue weighted by Gasteiger charge is 2.24. The van der Waals surface area contributed by atoms with E-state index >= 15 is 0 Å². The first-order valence-electron chi connectivity index (χ1n) is 7.67. The van der Waals surface area contributed by atoms with Crippen LogP contribution in [0, 0.1) is 0 Å². The zero-order valence-electron chi connectivity index (χ0n) is 14.0. The van der Waals surface area contributed by atoms with Crippen molar-refractivity contribution in [1.29, 1.82) is 0 Å². The van der Waals surface area contributed by atoms with E-state index in [1.807, 2.05) is 0 Å². The Morgan fingerprint density at radius 2 is 1.75 bits per heavy atom. The first-order chi connectivity index (χ1) is 11.1. The van der Waals surface area contributed by atoms with E-state index in [1.54, 1.807) is 20.8 Å². The molecule has 0 aliphatic heterocycles. The summed E-state index contributed by atoms with van der Waals surface area (Å²) in [6, 6.07) is 5.58. The molecule has 0 atom stereocenters. The van der Waals surface area contributed by atoms with E-state index in [4.69, 9.17) is 4.74 Å². The van der Waals surface area contributed by atoms with Gasteiger partial charge in [0.15, 0.2) is 6.61 Å². The number of hydrogen-bond donors (Lipinski definition) is 2. The molecule has 1 aliphatic rings. The lowest BCUT2D eigenvalue weighted by molar-refractivity contribution is -0.124. The van der Waals surface area contributed by atoms with E-state index in [0.717, 1.165) is 12.8 Å². The molecule has 1 aromatic carbocycles. The Morgan fingerprint density at radius 3 is 2.25 bits per heavy atom. The molecule has 2 rings (SSSR count). The van der Waals surface area contributed by atoms with Crippen LogP contribution in [-0.4, -0.2) is 38.5 Å². The van der Waals surface area contributed by atoms with Gasteiger partial charge in [0.2, 0.25) is 10.0 Å². The van der Waals surface area contributed by atoms with Gasteiger partial charge in [-0.2, -0.15) is 0 Å². The predicted molar refractivity (Wildman–Crippen MR) is 88.0 cm³/mol. The first-order valence-corrected chi connectivity index (χ1v) is 9.16. The lowest BCUT2D eigenvalue weighted by Crippen LogP contribution is -2.40. The molecule has 24 heavy (non-hydrogen) atoms. The van der Waals surface area contributed by atoms with Crippen LogP contribution in [0.4, 0.5) is 0 Å². The quantitative estimate of drug-likeness (QED) is 0.748. The molecule has 1 amide bonds. The normalized spacial score (nSPS) is 15.0. The van der Waals surface area contributed by atoms with Crippen molar-refractivity contribution in [3.63, 3.8) is 0 Å². The molecule has 0 unspecified atom stereocenters. The number of rotatable bonds is 6. The van der Waals surface area contributed by atoms with E-state index in [-0.39, 0.29) is 29.0 Å². The van der Waals surface area contributed by atoms with Gasteiger partial charge in [-0.3, -0.25) is 4.79 Å². The molecule has 1 fully saturated rings. The second kappa shape index (κ2) is 6.90. The second-order valence-electron chi connectivity index (χ2n) is 6.80. The van der Waals surface area contributed by atoms with Crippen molar-refractivity contribution < 1.29 is 22.7 Å². The van der Waals surface area contributed by atoms with Crippen LogP contribution >= 0.6 is 0 Å². The van der Waals surface area contributed by atoms with Crippen LogP contribution in [0.5, 0.6) is 0 Å². The highest BCUT2D eigenvalue weighted by molar-refractivity contribution is 7.89. The third kappa shape index (κ3) is 5.61. The van der Waals surface area contributed by atoms with Crippen molar-refractivity contribution in [3.8, 4) is 0 Å².